The molecule has 0 amide bonds. The van der Waals surface area contributed by atoms with Crippen molar-refractivity contribution in [3.8, 4) is 0 Å². The largest absolute Gasteiger partial charge is 0.477 e. The molecule has 4 heteroatoms. The number of hydrogen-bond donors (Lipinski definition) is 1. The second-order valence-corrected chi connectivity index (χ2v) is 5.42. The van der Waals surface area contributed by atoms with Gasteiger partial charge in [-0.15, -0.1) is 11.3 Å². The van der Waals surface area contributed by atoms with Crippen molar-refractivity contribution in [2.45, 2.75) is 39.0 Å². The zero-order chi connectivity index (χ0) is 11.0. The van der Waals surface area contributed by atoms with Gasteiger partial charge in [0.25, 0.3) is 0 Å². The third kappa shape index (κ3) is 2.04. The van der Waals surface area contributed by atoms with Crippen LogP contribution in [0.4, 0.5) is 0 Å². The molecule has 1 heterocycles. The molecule has 1 saturated carbocycles. The summed E-state index contributed by atoms with van der Waals surface area (Å²) in [5, 5.41) is 9.97. The first-order valence-electron chi connectivity index (χ1n) is 5.28. The third-order valence-corrected chi connectivity index (χ3v) is 4.36. The summed E-state index contributed by atoms with van der Waals surface area (Å²) in [6, 6.07) is 0. The van der Waals surface area contributed by atoms with Crippen LogP contribution in [0.5, 0.6) is 0 Å². The quantitative estimate of drug-likeness (QED) is 0.841. The van der Waals surface area contributed by atoms with E-state index >= 15 is 0 Å². The van der Waals surface area contributed by atoms with E-state index in [0.717, 1.165) is 23.8 Å². The van der Waals surface area contributed by atoms with Crippen LogP contribution in [0.15, 0.2) is 0 Å². The summed E-state index contributed by atoms with van der Waals surface area (Å²) in [5.41, 5.74) is 0.669. The highest BCUT2D eigenvalue weighted by atomic mass is 32.1. The van der Waals surface area contributed by atoms with Crippen LogP contribution in [0.2, 0.25) is 0 Å². The second kappa shape index (κ2) is 3.93. The van der Waals surface area contributed by atoms with Crippen molar-refractivity contribution in [2.75, 3.05) is 0 Å². The van der Waals surface area contributed by atoms with Gasteiger partial charge in [0.05, 0.1) is 10.7 Å². The summed E-state index contributed by atoms with van der Waals surface area (Å²) in [5.74, 6) is 0.409. The van der Waals surface area contributed by atoms with Gasteiger partial charge < -0.3 is 5.11 Å². The van der Waals surface area contributed by atoms with Gasteiger partial charge in [0, 0.05) is 5.92 Å². The Balaban J connectivity index is 2.23. The number of rotatable bonds is 2. The first-order chi connectivity index (χ1) is 7.08. The molecule has 0 aromatic carbocycles. The lowest BCUT2D eigenvalue weighted by atomic mass is 10.1. The monoisotopic (exact) mass is 225 g/mol. The van der Waals surface area contributed by atoms with Gasteiger partial charge in [0.2, 0.25) is 0 Å². The van der Waals surface area contributed by atoms with E-state index in [1.165, 1.54) is 17.8 Å². The Morgan fingerprint density at radius 2 is 2.27 bits per heavy atom. The summed E-state index contributed by atoms with van der Waals surface area (Å²) in [6.07, 6.45) is 3.56. The standard InChI is InChI=1S/C11H15NO2S/c1-6-3-4-8(5-6)10-12-7(2)9(15-10)11(13)14/h6,8H,3-5H2,1-2H3,(H,13,14). The van der Waals surface area contributed by atoms with Gasteiger partial charge in [-0.05, 0) is 25.7 Å². The van der Waals surface area contributed by atoms with Gasteiger partial charge >= 0.3 is 5.97 Å². The number of thiazole rings is 1. The van der Waals surface area contributed by atoms with E-state index in [1.54, 1.807) is 6.92 Å². The minimum absolute atomic E-state index is 0.407. The highest BCUT2D eigenvalue weighted by molar-refractivity contribution is 7.13. The molecule has 0 radical (unpaired) electrons. The van der Waals surface area contributed by atoms with Crippen LogP contribution >= 0.6 is 11.3 Å². The van der Waals surface area contributed by atoms with Crippen molar-refractivity contribution >= 4 is 17.3 Å². The molecule has 0 bridgehead atoms. The molecule has 0 spiro atoms. The minimum atomic E-state index is -0.845. The lowest BCUT2D eigenvalue weighted by molar-refractivity contribution is 0.0701. The maximum Gasteiger partial charge on any atom is 0.347 e. The SMILES string of the molecule is Cc1nc(C2CCC(C)C2)sc1C(=O)O. The second-order valence-electron chi connectivity index (χ2n) is 4.39. The smallest absolute Gasteiger partial charge is 0.347 e. The van der Waals surface area contributed by atoms with E-state index in [0.29, 0.717) is 16.5 Å². The molecular formula is C11H15NO2S. The molecular weight excluding hydrogens is 210 g/mol. The van der Waals surface area contributed by atoms with Crippen LogP contribution in [-0.2, 0) is 0 Å². The predicted octanol–water partition coefficient (Wildman–Crippen LogP) is 3.05. The molecule has 82 valence electrons. The Hall–Kier alpha value is -0.900. The lowest BCUT2D eigenvalue weighted by Crippen LogP contribution is -1.94. The van der Waals surface area contributed by atoms with E-state index in [-0.39, 0.29) is 0 Å². The predicted molar refractivity (Wildman–Crippen MR) is 59.6 cm³/mol. The minimum Gasteiger partial charge on any atom is -0.477 e. The number of carbonyl (C=O) groups is 1. The summed E-state index contributed by atoms with van der Waals surface area (Å²) < 4.78 is 0. The van der Waals surface area contributed by atoms with Gasteiger partial charge in [0.15, 0.2) is 0 Å². The zero-order valence-electron chi connectivity index (χ0n) is 8.99. The van der Waals surface area contributed by atoms with Gasteiger partial charge in [-0.3, -0.25) is 0 Å². The van der Waals surface area contributed by atoms with Gasteiger partial charge in [-0.1, -0.05) is 13.3 Å². The van der Waals surface area contributed by atoms with E-state index in [2.05, 4.69) is 11.9 Å². The van der Waals surface area contributed by atoms with Crippen LogP contribution in [0.3, 0.4) is 0 Å². The normalized spacial score (nSPS) is 25.7. The summed E-state index contributed by atoms with van der Waals surface area (Å²) in [7, 11) is 0. The molecule has 2 unspecified atom stereocenters. The Bertz CT molecular complexity index is 386. The number of aromatic carboxylic acids is 1. The molecule has 2 atom stereocenters. The number of aryl methyl sites for hydroxylation is 1. The van der Waals surface area contributed by atoms with E-state index < -0.39 is 5.97 Å². The number of hydrogen-bond acceptors (Lipinski definition) is 3. The number of carboxylic acids is 1. The molecule has 0 saturated heterocycles. The van der Waals surface area contributed by atoms with Crippen molar-refractivity contribution in [3.05, 3.63) is 15.6 Å². The van der Waals surface area contributed by atoms with Gasteiger partial charge in [-0.2, -0.15) is 0 Å². The third-order valence-electron chi connectivity index (χ3n) is 3.05. The van der Waals surface area contributed by atoms with Crippen molar-refractivity contribution in [2.24, 2.45) is 5.92 Å². The summed E-state index contributed by atoms with van der Waals surface area (Å²) in [6.45, 7) is 4.03. The maximum atomic E-state index is 10.9. The fourth-order valence-corrected chi connectivity index (χ4v) is 3.27. The zero-order valence-corrected chi connectivity index (χ0v) is 9.80. The maximum absolute atomic E-state index is 10.9. The average molecular weight is 225 g/mol. The summed E-state index contributed by atoms with van der Waals surface area (Å²) >= 11 is 1.36. The molecule has 1 aliphatic rings. The highest BCUT2D eigenvalue weighted by Gasteiger charge is 2.27. The lowest BCUT2D eigenvalue weighted by Gasteiger charge is -2.03. The fraction of sp³-hybridized carbons (Fsp3) is 0.636. The van der Waals surface area contributed by atoms with Crippen molar-refractivity contribution in [1.29, 1.82) is 0 Å². The number of carboxylic acid groups (broad SMARTS) is 1. The van der Waals surface area contributed by atoms with Gasteiger partial charge in [-0.25, -0.2) is 9.78 Å². The van der Waals surface area contributed by atoms with Crippen LogP contribution in [0.25, 0.3) is 0 Å². The first kappa shape index (κ1) is 10.6. The highest BCUT2D eigenvalue weighted by Crippen LogP contribution is 2.40. The number of aromatic nitrogens is 1. The summed E-state index contributed by atoms with van der Waals surface area (Å²) in [4.78, 5) is 15.7. The molecule has 1 aromatic heterocycles. The topological polar surface area (TPSA) is 50.2 Å². The van der Waals surface area contributed by atoms with Gasteiger partial charge in [0.1, 0.15) is 4.88 Å². The van der Waals surface area contributed by atoms with Crippen LogP contribution in [0.1, 0.15) is 52.5 Å². The molecule has 1 aromatic rings. The molecule has 0 aliphatic heterocycles. The Labute approximate surface area is 93.2 Å². The Kier molecular flexibility index (Phi) is 2.78. The van der Waals surface area contributed by atoms with E-state index in [1.807, 2.05) is 0 Å². The van der Waals surface area contributed by atoms with Crippen LogP contribution in [0, 0.1) is 12.8 Å². The van der Waals surface area contributed by atoms with E-state index in [4.69, 9.17) is 5.11 Å². The van der Waals surface area contributed by atoms with Crippen molar-refractivity contribution in [3.63, 3.8) is 0 Å². The van der Waals surface area contributed by atoms with Crippen molar-refractivity contribution in [1.82, 2.24) is 4.98 Å². The molecule has 2 rings (SSSR count). The fourth-order valence-electron chi connectivity index (χ4n) is 2.22. The first-order valence-corrected chi connectivity index (χ1v) is 6.10. The molecule has 3 nitrogen and oxygen atoms in total. The molecule has 1 N–H and O–H groups in total. The molecule has 1 fully saturated rings. The van der Waals surface area contributed by atoms with Crippen LogP contribution < -0.4 is 0 Å². The van der Waals surface area contributed by atoms with Crippen LogP contribution in [-0.4, -0.2) is 16.1 Å². The molecule has 1 aliphatic carbocycles. The molecule has 15 heavy (non-hydrogen) atoms. The Morgan fingerprint density at radius 1 is 1.53 bits per heavy atom. The average Bonchev–Trinajstić information content (AvgIpc) is 2.71. The number of nitrogens with zero attached hydrogens (tertiary/aromatic N) is 1. The van der Waals surface area contributed by atoms with E-state index in [9.17, 15) is 4.79 Å². The Morgan fingerprint density at radius 3 is 2.73 bits per heavy atom. The van der Waals surface area contributed by atoms with Crippen molar-refractivity contribution < 1.29 is 9.90 Å².